The molecule has 0 radical (unpaired) electrons. The SMILES string of the molecule is O=C(CNc1ccccc1C(=O)NCc1ccco1)NCC1(c2ccccc2)CC1. The minimum atomic E-state index is -0.226. The zero-order valence-electron chi connectivity index (χ0n) is 16.7. The van der Waals surface area contributed by atoms with Gasteiger partial charge in [0.15, 0.2) is 0 Å². The van der Waals surface area contributed by atoms with Crippen LogP contribution in [0.3, 0.4) is 0 Å². The van der Waals surface area contributed by atoms with Crippen LogP contribution in [0, 0.1) is 0 Å². The van der Waals surface area contributed by atoms with Crippen molar-refractivity contribution in [2.75, 3.05) is 18.4 Å². The molecule has 1 aliphatic rings. The Hall–Kier alpha value is -3.54. The lowest BCUT2D eigenvalue weighted by molar-refractivity contribution is -0.119. The number of hydrogen-bond donors (Lipinski definition) is 3. The summed E-state index contributed by atoms with van der Waals surface area (Å²) in [6, 6.07) is 21.0. The molecule has 0 bridgehead atoms. The Morgan fingerprint density at radius 2 is 1.67 bits per heavy atom. The molecular weight excluding hydrogens is 378 g/mol. The minimum Gasteiger partial charge on any atom is -0.467 e. The van der Waals surface area contributed by atoms with Crippen LogP contribution in [-0.4, -0.2) is 24.9 Å². The fraction of sp³-hybridized carbons (Fsp3) is 0.250. The van der Waals surface area contributed by atoms with Crippen LogP contribution >= 0.6 is 0 Å². The van der Waals surface area contributed by atoms with Crippen LogP contribution in [0.15, 0.2) is 77.4 Å². The van der Waals surface area contributed by atoms with E-state index in [1.165, 1.54) is 5.56 Å². The Balaban J connectivity index is 1.29. The fourth-order valence-corrected chi connectivity index (χ4v) is 3.53. The van der Waals surface area contributed by atoms with E-state index >= 15 is 0 Å². The van der Waals surface area contributed by atoms with Gasteiger partial charge in [0.2, 0.25) is 5.91 Å². The van der Waals surface area contributed by atoms with E-state index in [0.29, 0.717) is 30.1 Å². The van der Waals surface area contributed by atoms with E-state index in [0.717, 1.165) is 12.8 Å². The molecule has 0 aliphatic heterocycles. The number of nitrogens with one attached hydrogen (secondary N) is 3. The number of rotatable bonds is 9. The van der Waals surface area contributed by atoms with Crippen molar-refractivity contribution in [3.63, 3.8) is 0 Å². The second-order valence-corrected chi connectivity index (χ2v) is 7.58. The van der Waals surface area contributed by atoms with Crippen LogP contribution in [0.25, 0.3) is 0 Å². The summed E-state index contributed by atoms with van der Waals surface area (Å²) in [5.74, 6) is 0.361. The molecule has 0 saturated heterocycles. The van der Waals surface area contributed by atoms with Gasteiger partial charge in [0.05, 0.1) is 24.9 Å². The number of carbonyl (C=O) groups is 2. The Morgan fingerprint density at radius 3 is 2.40 bits per heavy atom. The topological polar surface area (TPSA) is 83.4 Å². The first kappa shape index (κ1) is 19.8. The molecule has 3 N–H and O–H groups in total. The van der Waals surface area contributed by atoms with Crippen LogP contribution in [0.5, 0.6) is 0 Å². The first-order valence-electron chi connectivity index (χ1n) is 10.1. The van der Waals surface area contributed by atoms with Crippen molar-refractivity contribution in [2.24, 2.45) is 0 Å². The molecule has 0 unspecified atom stereocenters. The summed E-state index contributed by atoms with van der Waals surface area (Å²) in [7, 11) is 0. The molecule has 1 heterocycles. The van der Waals surface area contributed by atoms with Crippen LogP contribution in [0.2, 0.25) is 0 Å². The third kappa shape index (κ3) is 4.71. The molecule has 1 aliphatic carbocycles. The molecule has 0 atom stereocenters. The fourth-order valence-electron chi connectivity index (χ4n) is 3.53. The predicted octanol–water partition coefficient (Wildman–Crippen LogP) is 3.47. The number of amides is 2. The van der Waals surface area contributed by atoms with Gasteiger partial charge in [0.1, 0.15) is 5.76 Å². The van der Waals surface area contributed by atoms with Gasteiger partial charge < -0.3 is 20.4 Å². The standard InChI is InChI=1S/C24H25N3O3/c28-22(27-17-24(12-13-24)18-7-2-1-3-8-18)16-25-21-11-5-4-10-20(21)23(29)26-15-19-9-6-14-30-19/h1-11,14,25H,12-13,15-17H2,(H,26,29)(H,27,28). The van der Waals surface area contributed by atoms with Gasteiger partial charge in [-0.2, -0.15) is 0 Å². The molecular formula is C24H25N3O3. The van der Waals surface area contributed by atoms with Crippen molar-refractivity contribution in [3.8, 4) is 0 Å². The largest absolute Gasteiger partial charge is 0.467 e. The van der Waals surface area contributed by atoms with Crippen LogP contribution in [0.4, 0.5) is 5.69 Å². The third-order valence-electron chi connectivity index (χ3n) is 5.48. The monoisotopic (exact) mass is 403 g/mol. The highest BCUT2D eigenvalue weighted by molar-refractivity contribution is 6.00. The zero-order valence-corrected chi connectivity index (χ0v) is 16.7. The van der Waals surface area contributed by atoms with Crippen molar-refractivity contribution in [1.29, 1.82) is 0 Å². The molecule has 4 rings (SSSR count). The number of para-hydroxylation sites is 1. The molecule has 6 nitrogen and oxygen atoms in total. The van der Waals surface area contributed by atoms with Crippen molar-refractivity contribution in [3.05, 3.63) is 89.9 Å². The summed E-state index contributed by atoms with van der Waals surface area (Å²) in [5.41, 5.74) is 2.45. The molecule has 1 aromatic heterocycles. The Morgan fingerprint density at radius 1 is 0.900 bits per heavy atom. The molecule has 2 aromatic carbocycles. The lowest BCUT2D eigenvalue weighted by Gasteiger charge is -2.17. The zero-order chi connectivity index (χ0) is 20.8. The molecule has 1 fully saturated rings. The molecule has 154 valence electrons. The Bertz CT molecular complexity index is 996. The van der Waals surface area contributed by atoms with Crippen molar-refractivity contribution >= 4 is 17.5 Å². The van der Waals surface area contributed by atoms with E-state index < -0.39 is 0 Å². The second kappa shape index (κ2) is 8.86. The summed E-state index contributed by atoms with van der Waals surface area (Å²) in [6.07, 6.45) is 3.74. The summed E-state index contributed by atoms with van der Waals surface area (Å²) >= 11 is 0. The van der Waals surface area contributed by atoms with Gasteiger partial charge in [-0.05, 0) is 42.7 Å². The second-order valence-electron chi connectivity index (χ2n) is 7.58. The summed E-state index contributed by atoms with van der Waals surface area (Å²) in [5, 5.41) is 8.95. The van der Waals surface area contributed by atoms with Gasteiger partial charge in [-0.15, -0.1) is 0 Å². The minimum absolute atomic E-state index is 0.0700. The first-order valence-corrected chi connectivity index (χ1v) is 10.1. The van der Waals surface area contributed by atoms with Gasteiger partial charge in [-0.3, -0.25) is 9.59 Å². The molecule has 6 heteroatoms. The highest BCUT2D eigenvalue weighted by Gasteiger charge is 2.44. The van der Waals surface area contributed by atoms with E-state index in [2.05, 4.69) is 28.1 Å². The Labute approximate surface area is 175 Å². The van der Waals surface area contributed by atoms with Gasteiger partial charge in [0, 0.05) is 17.6 Å². The highest BCUT2D eigenvalue weighted by atomic mass is 16.3. The smallest absolute Gasteiger partial charge is 0.253 e. The van der Waals surface area contributed by atoms with Crippen molar-refractivity contribution in [2.45, 2.75) is 24.8 Å². The van der Waals surface area contributed by atoms with Crippen LogP contribution in [-0.2, 0) is 16.8 Å². The Kier molecular flexibility index (Phi) is 5.84. The van der Waals surface area contributed by atoms with Gasteiger partial charge in [0.25, 0.3) is 5.91 Å². The highest BCUT2D eigenvalue weighted by Crippen LogP contribution is 2.47. The maximum absolute atomic E-state index is 12.5. The number of benzene rings is 2. The molecule has 1 saturated carbocycles. The van der Waals surface area contributed by atoms with Crippen LogP contribution in [0.1, 0.15) is 34.5 Å². The van der Waals surface area contributed by atoms with E-state index in [4.69, 9.17) is 4.42 Å². The van der Waals surface area contributed by atoms with Gasteiger partial charge in [-0.1, -0.05) is 42.5 Å². The van der Waals surface area contributed by atoms with Gasteiger partial charge >= 0.3 is 0 Å². The summed E-state index contributed by atoms with van der Waals surface area (Å²) in [6.45, 7) is 1.04. The maximum atomic E-state index is 12.5. The first-order chi connectivity index (χ1) is 14.7. The average Bonchev–Trinajstić information content (AvgIpc) is 3.41. The van der Waals surface area contributed by atoms with Crippen molar-refractivity contribution in [1.82, 2.24) is 10.6 Å². The van der Waals surface area contributed by atoms with E-state index in [9.17, 15) is 9.59 Å². The lowest BCUT2D eigenvalue weighted by atomic mass is 9.96. The number of carbonyl (C=O) groups excluding carboxylic acids is 2. The molecule has 30 heavy (non-hydrogen) atoms. The van der Waals surface area contributed by atoms with Gasteiger partial charge in [-0.25, -0.2) is 0 Å². The normalized spacial score (nSPS) is 14.0. The predicted molar refractivity (Wildman–Crippen MR) is 115 cm³/mol. The third-order valence-corrected chi connectivity index (χ3v) is 5.48. The van der Waals surface area contributed by atoms with E-state index in [1.54, 1.807) is 36.6 Å². The van der Waals surface area contributed by atoms with Crippen molar-refractivity contribution < 1.29 is 14.0 Å². The van der Waals surface area contributed by atoms with E-state index in [-0.39, 0.29) is 23.8 Å². The maximum Gasteiger partial charge on any atom is 0.253 e. The van der Waals surface area contributed by atoms with Crippen LogP contribution < -0.4 is 16.0 Å². The summed E-state index contributed by atoms with van der Waals surface area (Å²) in [4.78, 5) is 24.9. The molecule has 3 aromatic rings. The lowest BCUT2D eigenvalue weighted by Crippen LogP contribution is -2.36. The summed E-state index contributed by atoms with van der Waals surface area (Å²) < 4.78 is 5.24. The number of anilines is 1. The number of hydrogen-bond acceptors (Lipinski definition) is 4. The number of furan rings is 1. The quantitative estimate of drug-likeness (QED) is 0.511. The average molecular weight is 403 g/mol. The molecule has 0 spiro atoms. The van der Waals surface area contributed by atoms with E-state index in [1.807, 2.05) is 24.3 Å². The molecule has 2 amide bonds.